The molecule has 1 aliphatic heterocycles. The van der Waals surface area contributed by atoms with Crippen LogP contribution in [0.25, 0.3) is 0 Å². The molecule has 13 heavy (non-hydrogen) atoms. The van der Waals surface area contributed by atoms with Crippen LogP contribution >= 0.6 is 0 Å². The van der Waals surface area contributed by atoms with Crippen LogP contribution in [0.1, 0.15) is 34.1 Å². The van der Waals surface area contributed by atoms with Gasteiger partial charge in [-0.1, -0.05) is 20.8 Å². The first-order chi connectivity index (χ1) is 6.11. The lowest BCUT2D eigenvalue weighted by Crippen LogP contribution is -2.43. The van der Waals surface area contributed by atoms with Crippen molar-refractivity contribution in [2.75, 3.05) is 13.1 Å². The maximum Gasteiger partial charge on any atom is 0.219 e. The summed E-state index contributed by atoms with van der Waals surface area (Å²) in [5.74, 6) is 0.102. The van der Waals surface area contributed by atoms with E-state index in [-0.39, 0.29) is 18.4 Å². The van der Waals surface area contributed by atoms with Gasteiger partial charge in [0.25, 0.3) is 0 Å². The summed E-state index contributed by atoms with van der Waals surface area (Å²) in [4.78, 5) is 12.4. The number of hydrogen-bond donors (Lipinski definition) is 0. The molecule has 0 spiro atoms. The molecule has 1 heterocycles. The molecule has 1 aliphatic rings. The second-order valence-electron chi connectivity index (χ2n) is 3.25. The Bertz CT molecular complexity index is 161. The van der Waals surface area contributed by atoms with Gasteiger partial charge >= 0.3 is 0 Å². The summed E-state index contributed by atoms with van der Waals surface area (Å²) < 4.78 is 13.0. The van der Waals surface area contributed by atoms with Crippen molar-refractivity contribution in [1.29, 1.82) is 0 Å². The molecule has 1 rings (SSSR count). The standard InChI is InChI=1S/C8H14FNO.C2H6/c1-6-3-4-10(7(2)11)5-8(6)9;1-2/h6,8H,3-5H2,1-2H3;1-2H3/t6?,8-;/m0./s1. The zero-order valence-corrected chi connectivity index (χ0v) is 9.01. The fraction of sp³-hybridized carbons (Fsp3) is 0.900. The van der Waals surface area contributed by atoms with E-state index in [1.165, 1.54) is 6.92 Å². The van der Waals surface area contributed by atoms with Gasteiger partial charge in [0.15, 0.2) is 0 Å². The van der Waals surface area contributed by atoms with Crippen molar-refractivity contribution in [3.63, 3.8) is 0 Å². The topological polar surface area (TPSA) is 20.3 Å². The van der Waals surface area contributed by atoms with E-state index in [2.05, 4.69) is 0 Å². The molecular weight excluding hydrogens is 169 g/mol. The van der Waals surface area contributed by atoms with E-state index >= 15 is 0 Å². The van der Waals surface area contributed by atoms with Gasteiger partial charge in [-0.15, -0.1) is 0 Å². The molecule has 0 N–H and O–H groups in total. The van der Waals surface area contributed by atoms with Crippen LogP contribution in [-0.4, -0.2) is 30.1 Å². The number of likely N-dealkylation sites (tertiary alicyclic amines) is 1. The maximum absolute atomic E-state index is 13.0. The molecule has 0 aromatic heterocycles. The molecule has 0 aliphatic carbocycles. The molecule has 0 aromatic carbocycles. The normalized spacial score (nSPS) is 27.6. The molecular formula is C10H20FNO. The van der Waals surface area contributed by atoms with Gasteiger partial charge in [-0.2, -0.15) is 0 Å². The Morgan fingerprint density at radius 1 is 1.46 bits per heavy atom. The molecule has 1 unspecified atom stereocenters. The lowest BCUT2D eigenvalue weighted by Gasteiger charge is -2.32. The number of piperidine rings is 1. The fourth-order valence-electron chi connectivity index (χ4n) is 1.31. The average molecular weight is 189 g/mol. The molecule has 2 atom stereocenters. The van der Waals surface area contributed by atoms with E-state index in [4.69, 9.17) is 0 Å². The van der Waals surface area contributed by atoms with E-state index in [0.717, 1.165) is 13.0 Å². The predicted octanol–water partition coefficient (Wildman–Crippen LogP) is 2.24. The molecule has 1 amide bonds. The zero-order valence-electron chi connectivity index (χ0n) is 9.01. The highest BCUT2D eigenvalue weighted by Gasteiger charge is 2.26. The predicted molar refractivity (Wildman–Crippen MR) is 52.3 cm³/mol. The number of halogens is 1. The van der Waals surface area contributed by atoms with Gasteiger partial charge < -0.3 is 4.90 Å². The van der Waals surface area contributed by atoms with Crippen LogP contribution in [0.15, 0.2) is 0 Å². The summed E-state index contributed by atoms with van der Waals surface area (Å²) in [5.41, 5.74) is 0. The minimum atomic E-state index is -0.826. The van der Waals surface area contributed by atoms with Gasteiger partial charge in [0.1, 0.15) is 6.17 Å². The Kier molecular flexibility index (Phi) is 5.67. The van der Waals surface area contributed by atoms with Crippen LogP contribution < -0.4 is 0 Å². The van der Waals surface area contributed by atoms with Crippen LogP contribution in [0, 0.1) is 5.92 Å². The highest BCUT2D eigenvalue weighted by molar-refractivity contribution is 5.73. The minimum Gasteiger partial charge on any atom is -0.340 e. The monoisotopic (exact) mass is 189 g/mol. The summed E-state index contributed by atoms with van der Waals surface area (Å²) in [7, 11) is 0. The molecule has 0 radical (unpaired) electrons. The Morgan fingerprint density at radius 2 is 2.00 bits per heavy atom. The van der Waals surface area contributed by atoms with Gasteiger partial charge in [0, 0.05) is 13.5 Å². The van der Waals surface area contributed by atoms with E-state index in [1.807, 2.05) is 20.8 Å². The SMILES string of the molecule is CC.CC(=O)N1CCC(C)[C@@H](F)C1. The highest BCUT2D eigenvalue weighted by Crippen LogP contribution is 2.19. The molecule has 3 heteroatoms. The number of nitrogens with zero attached hydrogens (tertiary/aromatic N) is 1. The molecule has 1 saturated heterocycles. The molecule has 1 fully saturated rings. The molecule has 0 bridgehead atoms. The van der Waals surface area contributed by atoms with Crippen molar-refractivity contribution >= 4 is 5.91 Å². The largest absolute Gasteiger partial charge is 0.340 e. The summed E-state index contributed by atoms with van der Waals surface area (Å²) in [6.07, 6.45) is -0.0338. The Hall–Kier alpha value is -0.600. The first-order valence-corrected chi connectivity index (χ1v) is 5.01. The van der Waals surface area contributed by atoms with E-state index in [1.54, 1.807) is 4.90 Å². The second-order valence-corrected chi connectivity index (χ2v) is 3.25. The van der Waals surface area contributed by atoms with Crippen LogP contribution in [0.5, 0.6) is 0 Å². The maximum atomic E-state index is 13.0. The summed E-state index contributed by atoms with van der Waals surface area (Å²) in [6.45, 7) is 8.39. The average Bonchev–Trinajstić information content (AvgIpc) is 2.13. The quantitative estimate of drug-likeness (QED) is 0.572. The van der Waals surface area contributed by atoms with Gasteiger partial charge in [-0.25, -0.2) is 4.39 Å². The van der Waals surface area contributed by atoms with Gasteiger partial charge in [-0.05, 0) is 12.3 Å². The van der Waals surface area contributed by atoms with Crippen molar-refractivity contribution in [3.8, 4) is 0 Å². The summed E-state index contributed by atoms with van der Waals surface area (Å²) >= 11 is 0. The second kappa shape index (κ2) is 5.95. The number of amides is 1. The smallest absolute Gasteiger partial charge is 0.219 e. The third-order valence-electron chi connectivity index (χ3n) is 2.31. The Balaban J connectivity index is 0.000000671. The number of hydrogen-bond acceptors (Lipinski definition) is 1. The van der Waals surface area contributed by atoms with Crippen molar-refractivity contribution in [2.45, 2.75) is 40.3 Å². The van der Waals surface area contributed by atoms with Crippen LogP contribution in [-0.2, 0) is 4.79 Å². The minimum absolute atomic E-state index is 0.0143. The van der Waals surface area contributed by atoms with Crippen molar-refractivity contribution in [3.05, 3.63) is 0 Å². The third-order valence-corrected chi connectivity index (χ3v) is 2.31. The molecule has 0 saturated carbocycles. The lowest BCUT2D eigenvalue weighted by atomic mass is 9.97. The van der Waals surface area contributed by atoms with E-state index in [0.29, 0.717) is 0 Å². The Morgan fingerprint density at radius 3 is 2.38 bits per heavy atom. The molecule has 2 nitrogen and oxygen atoms in total. The van der Waals surface area contributed by atoms with Crippen molar-refractivity contribution in [2.24, 2.45) is 5.92 Å². The third kappa shape index (κ3) is 3.75. The molecule has 0 aromatic rings. The first kappa shape index (κ1) is 12.4. The zero-order chi connectivity index (χ0) is 10.4. The summed E-state index contributed by atoms with van der Waals surface area (Å²) in [5, 5.41) is 0. The fourth-order valence-corrected chi connectivity index (χ4v) is 1.31. The van der Waals surface area contributed by atoms with E-state index < -0.39 is 6.17 Å². The number of rotatable bonds is 0. The Labute approximate surface area is 80.1 Å². The van der Waals surface area contributed by atoms with Crippen molar-refractivity contribution < 1.29 is 9.18 Å². The van der Waals surface area contributed by atoms with Crippen molar-refractivity contribution in [1.82, 2.24) is 4.90 Å². The highest BCUT2D eigenvalue weighted by atomic mass is 19.1. The lowest BCUT2D eigenvalue weighted by molar-refractivity contribution is -0.131. The van der Waals surface area contributed by atoms with Gasteiger partial charge in [0.05, 0.1) is 6.54 Å². The van der Waals surface area contributed by atoms with Gasteiger partial charge in [-0.3, -0.25) is 4.79 Å². The number of carbonyl (C=O) groups excluding carboxylic acids is 1. The first-order valence-electron chi connectivity index (χ1n) is 5.01. The van der Waals surface area contributed by atoms with E-state index in [9.17, 15) is 9.18 Å². The van der Waals surface area contributed by atoms with Crippen LogP contribution in [0.3, 0.4) is 0 Å². The number of alkyl halides is 1. The van der Waals surface area contributed by atoms with Crippen LogP contribution in [0.4, 0.5) is 4.39 Å². The van der Waals surface area contributed by atoms with Crippen LogP contribution in [0.2, 0.25) is 0 Å². The summed E-state index contributed by atoms with van der Waals surface area (Å²) in [6, 6.07) is 0. The molecule has 78 valence electrons. The number of carbonyl (C=O) groups is 1. The van der Waals surface area contributed by atoms with Gasteiger partial charge in [0.2, 0.25) is 5.91 Å².